The van der Waals surface area contributed by atoms with E-state index in [2.05, 4.69) is 10.2 Å². The number of hydrogen-bond acceptors (Lipinski definition) is 7. The SMILES string of the molecule is CC(C)(C)N1CCc2nn(C/C(=C/F)CN)cc2C1=O.CC(C)(C)N1CCc2nn(C/C(=C/F)CN3C(=O)c4ccccc4C3=O)cc2C1=O.Cl. The Morgan fingerprint density at radius 3 is 1.47 bits per heavy atom. The molecule has 2 aromatic heterocycles. The smallest absolute Gasteiger partial charge is 0.261 e. The molecular weight excluding hydrogens is 682 g/mol. The van der Waals surface area contributed by atoms with Crippen LogP contribution in [-0.4, -0.2) is 95.1 Å². The van der Waals surface area contributed by atoms with E-state index >= 15 is 0 Å². The van der Waals surface area contributed by atoms with Crippen molar-refractivity contribution in [1.82, 2.24) is 34.3 Å². The Bertz CT molecular complexity index is 1850. The van der Waals surface area contributed by atoms with Crippen LogP contribution < -0.4 is 5.73 Å². The summed E-state index contributed by atoms with van der Waals surface area (Å²) in [4.78, 5) is 55.0. The highest BCUT2D eigenvalue weighted by Crippen LogP contribution is 2.27. The van der Waals surface area contributed by atoms with Gasteiger partial charge >= 0.3 is 0 Å². The van der Waals surface area contributed by atoms with Gasteiger partial charge in [-0.2, -0.15) is 10.2 Å². The third kappa shape index (κ3) is 8.12. The number of nitrogens with zero attached hydrogens (tertiary/aromatic N) is 7. The van der Waals surface area contributed by atoms with Gasteiger partial charge in [0.15, 0.2) is 0 Å². The molecule has 0 unspecified atom stereocenters. The summed E-state index contributed by atoms with van der Waals surface area (Å²) in [5, 5.41) is 8.79. The fraction of sp³-hybridized carbons (Fsp3) is 0.444. The quantitative estimate of drug-likeness (QED) is 0.347. The van der Waals surface area contributed by atoms with Gasteiger partial charge in [-0.3, -0.25) is 33.4 Å². The second-order valence-corrected chi connectivity index (χ2v) is 14.6. The van der Waals surface area contributed by atoms with E-state index in [1.54, 1.807) is 46.2 Å². The highest BCUT2D eigenvalue weighted by molar-refractivity contribution is 6.21. The van der Waals surface area contributed by atoms with Crippen LogP contribution in [0, 0.1) is 0 Å². The van der Waals surface area contributed by atoms with Gasteiger partial charge in [0.2, 0.25) is 0 Å². The van der Waals surface area contributed by atoms with Crippen LogP contribution in [-0.2, 0) is 25.9 Å². The van der Waals surface area contributed by atoms with E-state index in [0.717, 1.165) is 17.0 Å². The molecule has 4 amide bonds. The lowest BCUT2D eigenvalue weighted by atomic mass is 9.99. The van der Waals surface area contributed by atoms with Gasteiger partial charge in [-0.25, -0.2) is 8.78 Å². The highest BCUT2D eigenvalue weighted by atomic mass is 35.5. The van der Waals surface area contributed by atoms with Crippen molar-refractivity contribution in [3.05, 3.63) is 94.1 Å². The molecule has 0 fully saturated rings. The molecule has 0 spiro atoms. The molecule has 274 valence electrons. The predicted molar refractivity (Wildman–Crippen MR) is 190 cm³/mol. The highest BCUT2D eigenvalue weighted by Gasteiger charge is 2.37. The molecule has 0 bridgehead atoms. The fourth-order valence-corrected chi connectivity index (χ4v) is 6.29. The van der Waals surface area contributed by atoms with Crippen LogP contribution in [0.5, 0.6) is 0 Å². The standard InChI is InChI=1S/C22H23FN4O3.C14H21FN4O.ClH/c1-22(2,3)27-9-8-18-17(21(27)30)13-25(24-18)11-14(10-23)12-26-19(28)15-6-4-5-7-16(15)20(26)29;1-14(2,3)19-5-4-12-11(13(19)20)9-18(17-12)8-10(6-15)7-16;/h4-7,10,13H,8-9,11-12H2,1-3H3;6,9H,4-5,7-8,16H2,1-3H3;1H/b14-10-;10-6+;. The maximum atomic E-state index is 13.6. The molecule has 3 aliphatic heterocycles. The summed E-state index contributed by atoms with van der Waals surface area (Å²) < 4.78 is 29.3. The molecular formula is C36H45ClF2N8O4. The minimum Gasteiger partial charge on any atom is -0.333 e. The lowest BCUT2D eigenvalue weighted by Crippen LogP contribution is -2.49. The summed E-state index contributed by atoms with van der Waals surface area (Å²) in [5.74, 6) is -0.985. The number of hydrogen-bond donors (Lipinski definition) is 1. The van der Waals surface area contributed by atoms with Gasteiger partial charge in [-0.15, -0.1) is 12.4 Å². The van der Waals surface area contributed by atoms with E-state index in [9.17, 15) is 28.0 Å². The number of carbonyl (C=O) groups is 4. The zero-order valence-electron chi connectivity index (χ0n) is 29.8. The topological polar surface area (TPSA) is 140 Å². The molecule has 0 saturated carbocycles. The molecule has 6 rings (SSSR count). The van der Waals surface area contributed by atoms with E-state index < -0.39 is 11.8 Å². The third-order valence-corrected chi connectivity index (χ3v) is 8.93. The first-order valence-corrected chi connectivity index (χ1v) is 16.6. The molecule has 3 aromatic rings. The van der Waals surface area contributed by atoms with Gasteiger partial charge in [-0.05, 0) is 64.8 Å². The van der Waals surface area contributed by atoms with Crippen molar-refractivity contribution in [3.8, 4) is 0 Å². The molecule has 12 nitrogen and oxygen atoms in total. The Morgan fingerprint density at radius 1 is 0.686 bits per heavy atom. The Balaban J connectivity index is 0.000000243. The summed E-state index contributed by atoms with van der Waals surface area (Å²) >= 11 is 0. The van der Waals surface area contributed by atoms with Crippen LogP contribution in [0.1, 0.15) is 94.4 Å². The van der Waals surface area contributed by atoms with Crippen molar-refractivity contribution in [3.63, 3.8) is 0 Å². The second kappa shape index (κ2) is 15.3. The normalized spacial score (nSPS) is 16.5. The number of nitrogens with two attached hydrogens (primary N) is 1. The van der Waals surface area contributed by atoms with Crippen LogP contribution in [0.2, 0.25) is 0 Å². The Morgan fingerprint density at radius 2 is 1.10 bits per heavy atom. The minimum absolute atomic E-state index is 0. The summed E-state index contributed by atoms with van der Waals surface area (Å²) in [6, 6.07) is 6.54. The minimum atomic E-state index is -0.439. The number of fused-ring (bicyclic) bond motifs is 3. The van der Waals surface area contributed by atoms with E-state index in [0.29, 0.717) is 65.7 Å². The molecule has 0 aliphatic carbocycles. The average molecular weight is 727 g/mol. The molecule has 0 radical (unpaired) electrons. The van der Waals surface area contributed by atoms with E-state index in [4.69, 9.17) is 5.73 Å². The van der Waals surface area contributed by atoms with Crippen molar-refractivity contribution in [1.29, 1.82) is 0 Å². The second-order valence-electron chi connectivity index (χ2n) is 14.6. The predicted octanol–water partition coefficient (Wildman–Crippen LogP) is 4.74. The number of amides is 4. The number of rotatable bonds is 7. The zero-order chi connectivity index (χ0) is 36.5. The summed E-state index contributed by atoms with van der Waals surface area (Å²) in [6.07, 6.45) is 5.55. The molecule has 3 aliphatic rings. The van der Waals surface area contributed by atoms with E-state index in [1.165, 1.54) is 4.68 Å². The number of carbonyl (C=O) groups excluding carboxylic acids is 4. The first-order chi connectivity index (χ1) is 23.6. The summed E-state index contributed by atoms with van der Waals surface area (Å²) in [6.45, 7) is 13.5. The molecule has 5 heterocycles. The molecule has 0 saturated heterocycles. The lowest BCUT2D eigenvalue weighted by molar-refractivity contribution is 0.0551. The lowest BCUT2D eigenvalue weighted by Gasteiger charge is -2.37. The van der Waals surface area contributed by atoms with Crippen molar-refractivity contribution >= 4 is 36.0 Å². The average Bonchev–Trinajstić information content (AvgIpc) is 3.74. The van der Waals surface area contributed by atoms with Gasteiger partial charge < -0.3 is 15.5 Å². The molecule has 0 atom stereocenters. The van der Waals surface area contributed by atoms with Crippen molar-refractivity contribution in [2.75, 3.05) is 26.2 Å². The van der Waals surface area contributed by atoms with Gasteiger partial charge in [-0.1, -0.05) is 12.1 Å². The van der Waals surface area contributed by atoms with Crippen LogP contribution in [0.3, 0.4) is 0 Å². The molecule has 15 heteroatoms. The fourth-order valence-electron chi connectivity index (χ4n) is 6.29. The van der Waals surface area contributed by atoms with Gasteiger partial charge in [0.1, 0.15) is 0 Å². The Labute approximate surface area is 302 Å². The van der Waals surface area contributed by atoms with E-state index in [1.807, 2.05) is 46.4 Å². The number of aromatic nitrogens is 4. The van der Waals surface area contributed by atoms with Crippen LogP contribution in [0.4, 0.5) is 8.78 Å². The maximum Gasteiger partial charge on any atom is 0.261 e. The van der Waals surface area contributed by atoms with Crippen LogP contribution >= 0.6 is 12.4 Å². The van der Waals surface area contributed by atoms with Crippen LogP contribution in [0.15, 0.2) is 60.5 Å². The Hall–Kier alpha value is -4.69. The maximum absolute atomic E-state index is 13.6. The zero-order valence-corrected chi connectivity index (χ0v) is 30.6. The first kappa shape index (κ1) is 39.1. The molecule has 1 aromatic carbocycles. The largest absolute Gasteiger partial charge is 0.333 e. The number of halogens is 3. The van der Waals surface area contributed by atoms with E-state index in [-0.39, 0.29) is 67.1 Å². The third-order valence-electron chi connectivity index (χ3n) is 8.93. The molecule has 2 N–H and O–H groups in total. The van der Waals surface area contributed by atoms with Gasteiger partial charge in [0.05, 0.1) is 65.9 Å². The van der Waals surface area contributed by atoms with Crippen LogP contribution in [0.25, 0.3) is 0 Å². The number of imide groups is 1. The summed E-state index contributed by atoms with van der Waals surface area (Å²) in [5.41, 5.74) is 8.82. The van der Waals surface area contributed by atoms with Crippen molar-refractivity contribution < 1.29 is 28.0 Å². The van der Waals surface area contributed by atoms with Crippen molar-refractivity contribution in [2.24, 2.45) is 5.73 Å². The monoisotopic (exact) mass is 726 g/mol. The Kier molecular flexibility index (Phi) is 11.7. The number of benzene rings is 1. The first-order valence-electron chi connectivity index (χ1n) is 16.6. The van der Waals surface area contributed by atoms with Crippen molar-refractivity contribution in [2.45, 2.75) is 78.6 Å². The molecule has 51 heavy (non-hydrogen) atoms. The summed E-state index contributed by atoms with van der Waals surface area (Å²) in [7, 11) is 0. The van der Waals surface area contributed by atoms with Gasteiger partial charge in [0, 0.05) is 55.9 Å². The van der Waals surface area contributed by atoms with Gasteiger partial charge in [0.25, 0.3) is 23.6 Å².